The maximum atomic E-state index is 14.2. The van der Waals surface area contributed by atoms with Crippen molar-refractivity contribution in [3.05, 3.63) is 47.7 Å². The molecular formula is C21H21F4N5O2. The minimum atomic E-state index is -4.54. The predicted octanol–water partition coefficient (Wildman–Crippen LogP) is 3.75. The van der Waals surface area contributed by atoms with E-state index in [0.717, 1.165) is 6.07 Å². The Morgan fingerprint density at radius 2 is 2.06 bits per heavy atom. The third-order valence-corrected chi connectivity index (χ3v) is 5.87. The van der Waals surface area contributed by atoms with Gasteiger partial charge in [-0.25, -0.2) is 14.4 Å². The molecule has 1 saturated heterocycles. The van der Waals surface area contributed by atoms with Crippen molar-refractivity contribution in [2.24, 2.45) is 0 Å². The van der Waals surface area contributed by atoms with Crippen molar-refractivity contribution in [1.82, 2.24) is 19.9 Å². The van der Waals surface area contributed by atoms with Crippen molar-refractivity contribution < 1.29 is 27.0 Å². The SMILES string of the molecule is CC1CN(C2COc3ccc(F)cc3C2Nc2ncnc3[nH]c(C(F)(F)F)cc23)CCO1. The first-order valence-corrected chi connectivity index (χ1v) is 10.2. The molecule has 1 aromatic carbocycles. The maximum Gasteiger partial charge on any atom is 0.431 e. The normalized spacial score (nSPS) is 24.2. The molecule has 1 fully saturated rings. The number of benzene rings is 1. The molecule has 0 saturated carbocycles. The van der Waals surface area contributed by atoms with Crippen molar-refractivity contribution in [2.45, 2.75) is 31.3 Å². The van der Waals surface area contributed by atoms with Gasteiger partial charge in [-0.3, -0.25) is 4.90 Å². The quantitative estimate of drug-likeness (QED) is 0.591. The number of morpholine rings is 1. The summed E-state index contributed by atoms with van der Waals surface area (Å²) in [5.74, 6) is 0.330. The number of nitrogens with one attached hydrogen (secondary N) is 2. The molecule has 3 atom stereocenters. The van der Waals surface area contributed by atoms with E-state index in [1.54, 1.807) is 6.07 Å². The van der Waals surface area contributed by atoms with Gasteiger partial charge in [-0.05, 0) is 31.2 Å². The number of rotatable bonds is 3. The summed E-state index contributed by atoms with van der Waals surface area (Å²) in [4.78, 5) is 12.6. The summed E-state index contributed by atoms with van der Waals surface area (Å²) in [5.41, 5.74) is -0.260. The third kappa shape index (κ3) is 3.86. The number of fused-ring (bicyclic) bond motifs is 2. The van der Waals surface area contributed by atoms with Crippen LogP contribution >= 0.6 is 0 Å². The van der Waals surface area contributed by atoms with Gasteiger partial charge in [0.05, 0.1) is 30.2 Å². The molecule has 2 N–H and O–H groups in total. The predicted molar refractivity (Wildman–Crippen MR) is 108 cm³/mol. The lowest BCUT2D eigenvalue weighted by Gasteiger charge is -2.43. The van der Waals surface area contributed by atoms with Crippen molar-refractivity contribution in [3.63, 3.8) is 0 Å². The zero-order chi connectivity index (χ0) is 22.5. The van der Waals surface area contributed by atoms with E-state index in [0.29, 0.717) is 37.6 Å². The second-order valence-corrected chi connectivity index (χ2v) is 8.02. The summed E-state index contributed by atoms with van der Waals surface area (Å²) >= 11 is 0. The Labute approximate surface area is 180 Å². The smallest absolute Gasteiger partial charge is 0.431 e. The number of ether oxygens (including phenoxy) is 2. The summed E-state index contributed by atoms with van der Waals surface area (Å²) < 4.78 is 65.4. The zero-order valence-corrected chi connectivity index (χ0v) is 17.1. The van der Waals surface area contributed by atoms with Crippen molar-refractivity contribution in [3.8, 4) is 5.75 Å². The molecule has 170 valence electrons. The molecule has 0 aliphatic carbocycles. The minimum Gasteiger partial charge on any atom is -0.491 e. The lowest BCUT2D eigenvalue weighted by Crippen LogP contribution is -2.54. The van der Waals surface area contributed by atoms with Gasteiger partial charge in [0.1, 0.15) is 41.7 Å². The van der Waals surface area contributed by atoms with Crippen LogP contribution in [-0.4, -0.2) is 58.3 Å². The number of anilines is 1. The van der Waals surface area contributed by atoms with Crippen LogP contribution in [0.2, 0.25) is 0 Å². The fourth-order valence-electron chi connectivity index (χ4n) is 4.36. The van der Waals surface area contributed by atoms with Crippen molar-refractivity contribution >= 4 is 16.9 Å². The van der Waals surface area contributed by atoms with E-state index in [1.807, 2.05) is 6.92 Å². The topological polar surface area (TPSA) is 75.3 Å². The number of aromatic nitrogens is 3. The molecule has 11 heteroatoms. The van der Waals surface area contributed by atoms with E-state index in [9.17, 15) is 17.6 Å². The van der Waals surface area contributed by atoms with Crippen LogP contribution < -0.4 is 10.1 Å². The molecule has 32 heavy (non-hydrogen) atoms. The Morgan fingerprint density at radius 1 is 1.22 bits per heavy atom. The van der Waals surface area contributed by atoms with Crippen LogP contribution in [0.1, 0.15) is 24.2 Å². The molecule has 5 rings (SSSR count). The van der Waals surface area contributed by atoms with Crippen molar-refractivity contribution in [1.29, 1.82) is 0 Å². The molecule has 0 spiro atoms. The Balaban J connectivity index is 1.56. The number of halogens is 4. The molecule has 3 aromatic rings. The Bertz CT molecular complexity index is 1140. The molecule has 7 nitrogen and oxygen atoms in total. The monoisotopic (exact) mass is 451 g/mol. The largest absolute Gasteiger partial charge is 0.491 e. The van der Waals surface area contributed by atoms with Gasteiger partial charge in [-0.1, -0.05) is 0 Å². The van der Waals surface area contributed by atoms with Gasteiger partial charge in [0.2, 0.25) is 0 Å². The van der Waals surface area contributed by atoms with Crippen LogP contribution in [-0.2, 0) is 10.9 Å². The summed E-state index contributed by atoms with van der Waals surface area (Å²) in [6, 6.07) is 4.57. The highest BCUT2D eigenvalue weighted by molar-refractivity contribution is 5.88. The minimum absolute atomic E-state index is 0.0167. The fraction of sp³-hybridized carbons (Fsp3) is 0.429. The van der Waals surface area contributed by atoms with Gasteiger partial charge < -0.3 is 19.8 Å². The number of alkyl halides is 3. The second kappa shape index (κ2) is 7.89. The number of hydrogen-bond donors (Lipinski definition) is 2. The summed E-state index contributed by atoms with van der Waals surface area (Å²) in [7, 11) is 0. The zero-order valence-electron chi connectivity index (χ0n) is 17.1. The lowest BCUT2D eigenvalue weighted by molar-refractivity contribution is -0.140. The van der Waals surface area contributed by atoms with E-state index in [-0.39, 0.29) is 29.0 Å². The molecule has 0 bridgehead atoms. The molecule has 2 aromatic heterocycles. The van der Waals surface area contributed by atoms with Crippen LogP contribution in [0, 0.1) is 5.82 Å². The van der Waals surface area contributed by atoms with Gasteiger partial charge in [-0.15, -0.1) is 0 Å². The molecule has 2 aliphatic heterocycles. The summed E-state index contributed by atoms with van der Waals surface area (Å²) in [6.07, 6.45) is -3.33. The van der Waals surface area contributed by atoms with Crippen LogP contribution in [0.25, 0.3) is 11.0 Å². The van der Waals surface area contributed by atoms with Gasteiger partial charge in [-0.2, -0.15) is 13.2 Å². The van der Waals surface area contributed by atoms with Gasteiger partial charge in [0.15, 0.2) is 0 Å². The highest BCUT2D eigenvalue weighted by atomic mass is 19.4. The summed E-state index contributed by atoms with van der Waals surface area (Å²) in [5, 5.41) is 3.47. The Hall–Kier alpha value is -2.92. The Kier molecular flexibility index (Phi) is 5.17. The van der Waals surface area contributed by atoms with Gasteiger partial charge in [0, 0.05) is 18.7 Å². The molecular weight excluding hydrogens is 430 g/mol. The van der Waals surface area contributed by atoms with E-state index in [1.165, 1.54) is 18.5 Å². The second-order valence-electron chi connectivity index (χ2n) is 8.02. The molecule has 4 heterocycles. The molecule has 3 unspecified atom stereocenters. The average molecular weight is 451 g/mol. The Morgan fingerprint density at radius 3 is 2.84 bits per heavy atom. The summed E-state index contributed by atoms with van der Waals surface area (Å²) in [6.45, 7) is 4.16. The number of nitrogens with zero attached hydrogens (tertiary/aromatic N) is 3. The van der Waals surface area contributed by atoms with Crippen LogP contribution in [0.5, 0.6) is 5.75 Å². The van der Waals surface area contributed by atoms with E-state index >= 15 is 0 Å². The first-order valence-electron chi connectivity index (χ1n) is 10.2. The van der Waals surface area contributed by atoms with Crippen LogP contribution in [0.15, 0.2) is 30.6 Å². The highest BCUT2D eigenvalue weighted by Gasteiger charge is 2.38. The third-order valence-electron chi connectivity index (χ3n) is 5.87. The van der Waals surface area contributed by atoms with Gasteiger partial charge in [0.25, 0.3) is 0 Å². The van der Waals surface area contributed by atoms with E-state index in [4.69, 9.17) is 9.47 Å². The molecule has 2 aliphatic rings. The van der Waals surface area contributed by atoms with Crippen LogP contribution in [0.3, 0.4) is 0 Å². The number of aromatic amines is 1. The van der Waals surface area contributed by atoms with E-state index in [2.05, 4.69) is 25.2 Å². The van der Waals surface area contributed by atoms with E-state index < -0.39 is 23.7 Å². The van der Waals surface area contributed by atoms with Crippen LogP contribution in [0.4, 0.5) is 23.4 Å². The maximum absolute atomic E-state index is 14.2. The standard InChI is InChI=1S/C21H21F4N5O2/c1-11-8-30(4-5-31-11)15-9-32-16-3-2-12(22)6-13(16)18(15)29-20-14-7-17(21(23,24)25)28-19(14)26-10-27-20/h2-3,6-7,10-11,15,18H,4-5,8-9H2,1H3,(H2,26,27,28,29). The average Bonchev–Trinajstić information content (AvgIpc) is 3.20. The number of hydrogen-bond acceptors (Lipinski definition) is 6. The number of H-pyrrole nitrogens is 1. The van der Waals surface area contributed by atoms with Gasteiger partial charge >= 0.3 is 6.18 Å². The fourth-order valence-corrected chi connectivity index (χ4v) is 4.36. The highest BCUT2D eigenvalue weighted by Crippen LogP contribution is 2.39. The molecule has 0 radical (unpaired) electrons. The first-order chi connectivity index (χ1) is 15.3. The molecule has 0 amide bonds. The van der Waals surface area contributed by atoms with Crippen molar-refractivity contribution in [2.75, 3.05) is 31.6 Å². The first kappa shape index (κ1) is 21.0. The lowest BCUT2D eigenvalue weighted by atomic mass is 9.94.